The first kappa shape index (κ1) is 15.9. The number of benzene rings is 1. The Labute approximate surface area is 136 Å². The molecule has 0 bridgehead atoms. The van der Waals surface area contributed by atoms with Crippen LogP contribution in [0.3, 0.4) is 0 Å². The summed E-state index contributed by atoms with van der Waals surface area (Å²) in [7, 11) is -0.851. The molecule has 23 heavy (non-hydrogen) atoms. The minimum absolute atomic E-state index is 0.0158. The number of nitrogens with zero attached hydrogens (tertiary/aromatic N) is 2. The van der Waals surface area contributed by atoms with Gasteiger partial charge in [-0.2, -0.15) is 0 Å². The number of nitro groups is 1. The van der Waals surface area contributed by atoms with Gasteiger partial charge in [0.25, 0.3) is 5.69 Å². The predicted molar refractivity (Wildman–Crippen MR) is 89.3 cm³/mol. The highest BCUT2D eigenvalue weighted by molar-refractivity contribution is 7.84. The van der Waals surface area contributed by atoms with Crippen molar-refractivity contribution in [2.45, 2.75) is 30.9 Å². The van der Waals surface area contributed by atoms with Gasteiger partial charge in [-0.25, -0.2) is 0 Å². The average molecular weight is 337 g/mol. The summed E-state index contributed by atoms with van der Waals surface area (Å²) >= 11 is 0. The van der Waals surface area contributed by atoms with Gasteiger partial charge < -0.3 is 10.2 Å². The predicted octanol–water partition coefficient (Wildman–Crippen LogP) is 1.83. The van der Waals surface area contributed by atoms with E-state index in [1.165, 1.54) is 6.07 Å². The maximum Gasteiger partial charge on any atom is 0.294 e. The summed E-state index contributed by atoms with van der Waals surface area (Å²) in [6, 6.07) is 3.29. The van der Waals surface area contributed by atoms with Crippen LogP contribution in [0.5, 0.6) is 0 Å². The number of nitro benzene ring substituents is 1. The molecular formula is C15H19N3O4S. The van der Waals surface area contributed by atoms with Gasteiger partial charge in [0.05, 0.1) is 10.6 Å². The van der Waals surface area contributed by atoms with E-state index in [1.54, 1.807) is 6.26 Å². The second-order valence-corrected chi connectivity index (χ2v) is 7.65. The summed E-state index contributed by atoms with van der Waals surface area (Å²) in [5.74, 6) is -0.106. The van der Waals surface area contributed by atoms with Crippen LogP contribution in [0, 0.1) is 10.1 Å². The Morgan fingerprint density at radius 2 is 2.00 bits per heavy atom. The van der Waals surface area contributed by atoms with Crippen molar-refractivity contribution in [1.82, 2.24) is 0 Å². The molecule has 0 aromatic heterocycles. The summed E-state index contributed by atoms with van der Waals surface area (Å²) in [5.41, 5.74) is 2.10. The molecule has 0 spiro atoms. The molecule has 0 radical (unpaired) electrons. The molecule has 1 aromatic carbocycles. The van der Waals surface area contributed by atoms with E-state index in [9.17, 15) is 19.1 Å². The Balaban J connectivity index is 1.91. The van der Waals surface area contributed by atoms with Gasteiger partial charge in [-0.3, -0.25) is 19.1 Å². The molecule has 2 aliphatic rings. The SMILES string of the molecule is CS(=O)C1CCN(c2cc3c(cc2[N+](=O)[O-])NC(=O)CC3)CC1. The van der Waals surface area contributed by atoms with Gasteiger partial charge in [-0.05, 0) is 30.9 Å². The van der Waals surface area contributed by atoms with Crippen LogP contribution < -0.4 is 10.2 Å². The summed E-state index contributed by atoms with van der Waals surface area (Å²) < 4.78 is 11.6. The highest BCUT2D eigenvalue weighted by atomic mass is 32.2. The van der Waals surface area contributed by atoms with E-state index in [0.717, 1.165) is 18.4 Å². The number of anilines is 2. The first-order chi connectivity index (χ1) is 11.0. The van der Waals surface area contributed by atoms with Gasteiger partial charge in [0.1, 0.15) is 5.69 Å². The molecule has 2 aliphatic heterocycles. The molecule has 0 saturated carbocycles. The van der Waals surface area contributed by atoms with E-state index >= 15 is 0 Å². The lowest BCUT2D eigenvalue weighted by molar-refractivity contribution is -0.384. The zero-order chi connectivity index (χ0) is 16.6. The lowest BCUT2D eigenvalue weighted by atomic mass is 10.00. The summed E-state index contributed by atoms with van der Waals surface area (Å²) in [6.07, 6.45) is 4.26. The maximum absolute atomic E-state index is 11.6. The van der Waals surface area contributed by atoms with E-state index in [4.69, 9.17) is 0 Å². The van der Waals surface area contributed by atoms with Crippen molar-refractivity contribution in [2.75, 3.05) is 29.6 Å². The Kier molecular flexibility index (Phi) is 4.34. The third kappa shape index (κ3) is 3.21. The van der Waals surface area contributed by atoms with Crippen LogP contribution in [-0.4, -0.2) is 39.6 Å². The molecule has 8 heteroatoms. The van der Waals surface area contributed by atoms with Gasteiger partial charge >= 0.3 is 0 Å². The number of rotatable bonds is 3. The summed E-state index contributed by atoms with van der Waals surface area (Å²) in [5, 5.41) is 14.3. The number of amides is 1. The molecule has 3 rings (SSSR count). The number of fused-ring (bicyclic) bond motifs is 1. The largest absolute Gasteiger partial charge is 0.366 e. The molecule has 124 valence electrons. The maximum atomic E-state index is 11.6. The molecule has 1 saturated heterocycles. The third-order valence-electron chi connectivity index (χ3n) is 4.54. The van der Waals surface area contributed by atoms with Crippen molar-refractivity contribution in [3.05, 3.63) is 27.8 Å². The summed E-state index contributed by atoms with van der Waals surface area (Å²) in [4.78, 5) is 24.5. The molecular weight excluding hydrogens is 318 g/mol. The van der Waals surface area contributed by atoms with Crippen LogP contribution in [0.25, 0.3) is 0 Å². The third-order valence-corrected chi connectivity index (χ3v) is 5.95. The smallest absolute Gasteiger partial charge is 0.294 e. The number of nitrogens with one attached hydrogen (secondary N) is 1. The van der Waals surface area contributed by atoms with Crippen molar-refractivity contribution < 1.29 is 13.9 Å². The van der Waals surface area contributed by atoms with Crippen molar-refractivity contribution in [1.29, 1.82) is 0 Å². The van der Waals surface area contributed by atoms with Gasteiger partial charge in [0.15, 0.2) is 0 Å². The first-order valence-electron chi connectivity index (χ1n) is 7.64. The van der Waals surface area contributed by atoms with Crippen LogP contribution in [0.15, 0.2) is 12.1 Å². The fourth-order valence-corrected chi connectivity index (χ4v) is 4.11. The fraction of sp³-hybridized carbons (Fsp3) is 0.533. The van der Waals surface area contributed by atoms with Crippen LogP contribution in [-0.2, 0) is 22.0 Å². The molecule has 1 N–H and O–H groups in total. The monoisotopic (exact) mass is 337 g/mol. The van der Waals surface area contributed by atoms with Crippen LogP contribution in [0.1, 0.15) is 24.8 Å². The van der Waals surface area contributed by atoms with E-state index in [-0.39, 0.29) is 16.8 Å². The minimum Gasteiger partial charge on any atom is -0.366 e. The lowest BCUT2D eigenvalue weighted by Crippen LogP contribution is -2.38. The molecule has 1 aromatic rings. The fourth-order valence-electron chi connectivity index (χ4n) is 3.23. The van der Waals surface area contributed by atoms with Crippen LogP contribution >= 0.6 is 0 Å². The molecule has 1 fully saturated rings. The van der Waals surface area contributed by atoms with Gasteiger partial charge in [0.2, 0.25) is 5.91 Å². The van der Waals surface area contributed by atoms with E-state index in [0.29, 0.717) is 37.3 Å². The normalized spacial score (nSPS) is 19.9. The topological polar surface area (TPSA) is 92.6 Å². The van der Waals surface area contributed by atoms with Gasteiger partial charge in [-0.15, -0.1) is 0 Å². The van der Waals surface area contributed by atoms with Crippen molar-refractivity contribution in [3.8, 4) is 0 Å². The minimum atomic E-state index is -0.851. The van der Waals surface area contributed by atoms with Crippen molar-refractivity contribution >= 4 is 33.8 Å². The number of carbonyl (C=O) groups is 1. The van der Waals surface area contributed by atoms with Crippen LogP contribution in [0.2, 0.25) is 0 Å². The van der Waals surface area contributed by atoms with Gasteiger partial charge in [-0.1, -0.05) is 0 Å². The Bertz CT molecular complexity index is 684. The second kappa shape index (κ2) is 6.27. The molecule has 1 amide bonds. The molecule has 2 heterocycles. The number of aryl methyl sites for hydroxylation is 1. The lowest BCUT2D eigenvalue weighted by Gasteiger charge is -2.33. The number of carbonyl (C=O) groups excluding carboxylic acids is 1. The number of piperidine rings is 1. The molecule has 1 atom stereocenters. The Morgan fingerprint density at radius 3 is 2.61 bits per heavy atom. The molecule has 7 nitrogen and oxygen atoms in total. The average Bonchev–Trinajstić information content (AvgIpc) is 2.53. The zero-order valence-corrected chi connectivity index (χ0v) is 13.7. The van der Waals surface area contributed by atoms with Gasteiger partial charge in [0, 0.05) is 47.9 Å². The van der Waals surface area contributed by atoms with E-state index < -0.39 is 15.7 Å². The number of hydrogen-bond donors (Lipinski definition) is 1. The quantitative estimate of drug-likeness (QED) is 0.671. The molecule has 0 aliphatic carbocycles. The standard InChI is InChI=1S/C15H19N3O4S/c1-23(22)11-4-6-17(7-5-11)13-8-10-2-3-15(19)16-12(10)9-14(13)18(20)21/h8-9,11H,2-7H2,1H3,(H,16,19). The number of hydrogen-bond acceptors (Lipinski definition) is 5. The van der Waals surface area contributed by atoms with Crippen LogP contribution in [0.4, 0.5) is 17.1 Å². The zero-order valence-electron chi connectivity index (χ0n) is 12.9. The summed E-state index contributed by atoms with van der Waals surface area (Å²) in [6.45, 7) is 1.33. The first-order valence-corrected chi connectivity index (χ1v) is 9.26. The van der Waals surface area contributed by atoms with E-state index in [2.05, 4.69) is 5.32 Å². The van der Waals surface area contributed by atoms with Crippen molar-refractivity contribution in [2.24, 2.45) is 0 Å². The highest BCUT2D eigenvalue weighted by Gasteiger charge is 2.29. The molecule has 1 unspecified atom stereocenters. The Hall–Kier alpha value is -1.96. The second-order valence-electron chi connectivity index (χ2n) is 5.99. The Morgan fingerprint density at radius 1 is 1.30 bits per heavy atom. The highest BCUT2D eigenvalue weighted by Crippen LogP contribution is 2.37. The van der Waals surface area contributed by atoms with Crippen molar-refractivity contribution in [3.63, 3.8) is 0 Å². The van der Waals surface area contributed by atoms with E-state index in [1.807, 2.05) is 11.0 Å².